The largest absolute Gasteiger partial charge is 0.395 e. The number of aliphatic hydroxyl groups is 1. The van der Waals surface area contributed by atoms with E-state index < -0.39 is 20.2 Å². The molecule has 2 amide bonds. The number of β-amino-alcohol motifs (C(OH)–C–C–N with tert-alkyl or cyclic N) is 1. The third kappa shape index (κ3) is 9.33. The summed E-state index contributed by atoms with van der Waals surface area (Å²) in [5.74, 6) is 1.59. The third-order valence-electron chi connectivity index (χ3n) is 14.8. The lowest BCUT2D eigenvalue weighted by atomic mass is 9.99. The van der Waals surface area contributed by atoms with Gasteiger partial charge in [-0.2, -0.15) is 21.3 Å². The topological polar surface area (TPSA) is 215 Å². The maximum absolute atomic E-state index is 13.8. The molecule has 338 valence electrons. The zero-order valence-corrected chi connectivity index (χ0v) is 37.1. The van der Waals surface area contributed by atoms with Crippen LogP contribution < -0.4 is 10.6 Å². The van der Waals surface area contributed by atoms with Crippen molar-refractivity contribution in [1.82, 2.24) is 43.7 Å². The first kappa shape index (κ1) is 43.3. The average Bonchev–Trinajstić information content (AvgIpc) is 4.10. The van der Waals surface area contributed by atoms with Crippen molar-refractivity contribution >= 4 is 32.0 Å². The highest BCUT2D eigenvalue weighted by Gasteiger charge is 2.49. The predicted molar refractivity (Wildman–Crippen MR) is 223 cm³/mol. The van der Waals surface area contributed by atoms with Crippen molar-refractivity contribution in [2.75, 3.05) is 58.7 Å². The van der Waals surface area contributed by atoms with Crippen molar-refractivity contribution in [1.29, 1.82) is 0 Å². The molecule has 7 heterocycles. The predicted octanol–water partition coefficient (Wildman–Crippen LogP) is 2.08. The minimum atomic E-state index is -3.67. The standard InChI is InChI=1S/C41H63N9O9S2/c1-26-19-29(42-40(52)35-23-38(58-44-35)28-3-4-28)9-16-49(26)61(56,57)48-14-10-31(11-15-48)46(2)37-22-34(37)39-24-36(45-59-39)41(53)43-30-20-32-5-6-33(21-30)50(32)60(54,55)25-27-7-12-47(13-8-27)17-18-51/h23-24,26-34,37,51H,3-22,25H2,1-2H3,(H,42,52)(H,43,53)/t26-,29-,30-,32+,33-,34?,37?/m0/s1. The minimum Gasteiger partial charge on any atom is -0.395 e. The molecule has 9 rings (SSSR count). The molecule has 2 bridgehead atoms. The molecular weight excluding hydrogens is 827 g/mol. The molecule has 2 aliphatic carbocycles. The molecule has 0 radical (unpaired) electrons. The molecule has 2 saturated carbocycles. The Kier molecular flexibility index (Phi) is 12.4. The van der Waals surface area contributed by atoms with Crippen LogP contribution in [0.15, 0.2) is 21.2 Å². The molecule has 3 N–H and O–H groups in total. The summed E-state index contributed by atoms with van der Waals surface area (Å²) in [7, 11) is -5.01. The van der Waals surface area contributed by atoms with Crippen molar-refractivity contribution in [3.8, 4) is 0 Å². The van der Waals surface area contributed by atoms with Gasteiger partial charge in [0.05, 0.1) is 12.4 Å². The molecule has 5 saturated heterocycles. The Morgan fingerprint density at radius 1 is 0.787 bits per heavy atom. The molecule has 5 aliphatic heterocycles. The minimum absolute atomic E-state index is 0.0965. The van der Waals surface area contributed by atoms with Gasteiger partial charge in [0.1, 0.15) is 11.5 Å². The van der Waals surface area contributed by atoms with Gasteiger partial charge in [0, 0.05) is 92.4 Å². The monoisotopic (exact) mass is 889 g/mol. The Balaban J connectivity index is 0.707. The van der Waals surface area contributed by atoms with E-state index in [-0.39, 0.29) is 89.7 Å². The summed E-state index contributed by atoms with van der Waals surface area (Å²) >= 11 is 0. The molecular formula is C41H63N9O9S2. The number of fused-ring (bicyclic) bond motifs is 2. The van der Waals surface area contributed by atoms with Gasteiger partial charge in [-0.25, -0.2) is 8.42 Å². The summed E-state index contributed by atoms with van der Waals surface area (Å²) < 4.78 is 71.0. The van der Waals surface area contributed by atoms with Crippen LogP contribution in [0.4, 0.5) is 0 Å². The summed E-state index contributed by atoms with van der Waals surface area (Å²) in [6.07, 6.45) is 9.86. The van der Waals surface area contributed by atoms with Crippen LogP contribution in [0, 0.1) is 5.92 Å². The fourth-order valence-electron chi connectivity index (χ4n) is 11.1. The van der Waals surface area contributed by atoms with Crippen molar-refractivity contribution in [3.05, 3.63) is 35.0 Å². The van der Waals surface area contributed by atoms with Gasteiger partial charge in [0.2, 0.25) is 10.0 Å². The van der Waals surface area contributed by atoms with Gasteiger partial charge in [0.25, 0.3) is 22.0 Å². The Morgan fingerprint density at radius 2 is 1.41 bits per heavy atom. The van der Waals surface area contributed by atoms with E-state index in [2.05, 4.69) is 37.8 Å². The molecule has 7 aliphatic rings. The van der Waals surface area contributed by atoms with E-state index in [0.717, 1.165) is 63.8 Å². The molecule has 2 aromatic heterocycles. The number of likely N-dealkylation sites (N-methyl/N-ethyl adjacent to an activating group) is 1. The normalized spacial score (nSPS) is 31.4. The second kappa shape index (κ2) is 17.5. The lowest BCUT2D eigenvalue weighted by Gasteiger charge is -2.42. The molecule has 0 aromatic carbocycles. The van der Waals surface area contributed by atoms with Crippen LogP contribution in [0.2, 0.25) is 0 Å². The van der Waals surface area contributed by atoms with E-state index in [4.69, 9.17) is 9.05 Å². The fourth-order valence-corrected chi connectivity index (χ4v) is 15.4. The van der Waals surface area contributed by atoms with Crippen LogP contribution >= 0.6 is 0 Å². The Hall–Kier alpha value is -2.98. The number of carbonyl (C=O) groups excluding carboxylic acids is 2. The molecule has 20 heteroatoms. The summed E-state index contributed by atoms with van der Waals surface area (Å²) in [6.45, 7) is 5.48. The van der Waals surface area contributed by atoms with Gasteiger partial charge < -0.3 is 29.7 Å². The van der Waals surface area contributed by atoms with Gasteiger partial charge in [-0.05, 0) is 116 Å². The molecule has 18 nitrogen and oxygen atoms in total. The first-order valence-electron chi connectivity index (χ1n) is 22.7. The Bertz CT molecular complexity index is 2100. The van der Waals surface area contributed by atoms with Crippen LogP contribution in [0.1, 0.15) is 135 Å². The van der Waals surface area contributed by atoms with Crippen LogP contribution in [-0.4, -0.2) is 168 Å². The fraction of sp³-hybridized carbons (Fsp3) is 0.805. The highest BCUT2D eigenvalue weighted by molar-refractivity contribution is 7.89. The van der Waals surface area contributed by atoms with E-state index in [0.29, 0.717) is 76.4 Å². The number of sulfonamides is 1. The Morgan fingerprint density at radius 3 is 2.03 bits per heavy atom. The number of amides is 2. The Labute approximate surface area is 359 Å². The van der Waals surface area contributed by atoms with Gasteiger partial charge in [-0.1, -0.05) is 10.3 Å². The number of hydrogen-bond donors (Lipinski definition) is 3. The first-order chi connectivity index (χ1) is 29.3. The van der Waals surface area contributed by atoms with Crippen LogP contribution in [0.25, 0.3) is 0 Å². The number of rotatable bonds is 15. The second-order valence-corrected chi connectivity index (χ2v) is 22.8. The van der Waals surface area contributed by atoms with E-state index in [1.807, 2.05) is 6.92 Å². The number of likely N-dealkylation sites (tertiary alicyclic amines) is 1. The van der Waals surface area contributed by atoms with Gasteiger partial charge in [-0.15, -0.1) is 0 Å². The van der Waals surface area contributed by atoms with Gasteiger partial charge in [-0.3, -0.25) is 14.5 Å². The summed E-state index contributed by atoms with van der Waals surface area (Å²) in [6, 6.07) is 3.09. The maximum atomic E-state index is 13.8. The summed E-state index contributed by atoms with van der Waals surface area (Å²) in [4.78, 5) is 30.7. The number of hydrogen-bond acceptors (Lipinski definition) is 13. The van der Waals surface area contributed by atoms with E-state index in [1.54, 1.807) is 25.0 Å². The number of piperidine rings is 4. The quantitative estimate of drug-likeness (QED) is 0.234. The molecule has 7 fully saturated rings. The highest BCUT2D eigenvalue weighted by atomic mass is 32.2. The summed E-state index contributed by atoms with van der Waals surface area (Å²) in [5, 5.41) is 23.5. The number of aromatic nitrogens is 2. The molecule has 0 spiro atoms. The lowest BCUT2D eigenvalue weighted by molar-refractivity contribution is 0.0891. The number of nitrogens with zero attached hydrogens (tertiary/aromatic N) is 7. The zero-order valence-electron chi connectivity index (χ0n) is 35.4. The van der Waals surface area contributed by atoms with Gasteiger partial charge in [0.15, 0.2) is 11.4 Å². The molecule has 61 heavy (non-hydrogen) atoms. The van der Waals surface area contributed by atoms with Crippen molar-refractivity contribution < 1.29 is 40.6 Å². The van der Waals surface area contributed by atoms with Crippen LogP contribution in [-0.2, 0) is 20.2 Å². The van der Waals surface area contributed by atoms with E-state index in [1.165, 1.54) is 0 Å². The first-order valence-corrected chi connectivity index (χ1v) is 25.7. The van der Waals surface area contributed by atoms with Crippen molar-refractivity contribution in [3.63, 3.8) is 0 Å². The van der Waals surface area contributed by atoms with Crippen molar-refractivity contribution in [2.24, 2.45) is 5.92 Å². The van der Waals surface area contributed by atoms with E-state index >= 15 is 0 Å². The van der Waals surface area contributed by atoms with E-state index in [9.17, 15) is 31.5 Å². The smallest absolute Gasteiger partial charge is 0.282 e. The summed E-state index contributed by atoms with van der Waals surface area (Å²) in [5.41, 5.74) is 0.504. The molecule has 2 aromatic rings. The van der Waals surface area contributed by atoms with Crippen molar-refractivity contribution in [2.45, 2.75) is 145 Å². The molecule has 2 unspecified atom stereocenters. The SMILES string of the molecule is C[C@H]1C[C@@H](NC(=O)c2cc(C3CC3)on2)CCN1S(=O)(=O)N1CCC(N(C)C2CC2c2cc(C(=O)N[C@H]3C[C@H]4CC[C@@H](C3)N4S(=O)(=O)CC3CCN(CCO)CC3)no2)CC1. The van der Waals surface area contributed by atoms with Gasteiger partial charge >= 0.3 is 0 Å². The highest BCUT2D eigenvalue weighted by Crippen LogP contribution is 2.46. The maximum Gasteiger partial charge on any atom is 0.282 e. The zero-order chi connectivity index (χ0) is 42.6. The third-order valence-corrected chi connectivity index (χ3v) is 19.1. The number of nitrogens with one attached hydrogen (secondary N) is 2. The second-order valence-electron chi connectivity index (χ2n) is 19.0. The van der Waals surface area contributed by atoms with Crippen LogP contribution in [0.3, 0.4) is 0 Å². The lowest BCUT2D eigenvalue weighted by Crippen LogP contribution is -2.56. The van der Waals surface area contributed by atoms with Crippen LogP contribution in [0.5, 0.6) is 0 Å². The number of aliphatic hydroxyl groups excluding tert-OH is 1. The molecule has 7 atom stereocenters. The number of carbonyl (C=O) groups is 2. The average molecular weight is 890 g/mol.